The molecule has 28 heavy (non-hydrogen) atoms. The number of anilines is 1. The standard InChI is InChI=1S/C25H23N3/c1-16-13-17(2)24-22(14-16)23-15-18(3)27-28(23)25(26-24)21-11-9-20(10-12-21)19-7-5-4-6-8-19/h4-15,25-26H,1-3H3. The largest absolute Gasteiger partial charge is 0.359 e. The summed E-state index contributed by atoms with van der Waals surface area (Å²) < 4.78 is 2.12. The minimum atomic E-state index is -0.0116. The van der Waals surface area contributed by atoms with Crippen LogP contribution in [0.3, 0.4) is 0 Å². The van der Waals surface area contributed by atoms with E-state index >= 15 is 0 Å². The second kappa shape index (κ2) is 6.38. The number of hydrogen-bond donors (Lipinski definition) is 1. The molecular formula is C25H23N3. The van der Waals surface area contributed by atoms with Crippen LogP contribution in [0, 0.1) is 20.8 Å². The molecule has 0 bridgehead atoms. The van der Waals surface area contributed by atoms with E-state index in [4.69, 9.17) is 5.10 Å². The molecule has 1 N–H and O–H groups in total. The van der Waals surface area contributed by atoms with Gasteiger partial charge >= 0.3 is 0 Å². The monoisotopic (exact) mass is 365 g/mol. The summed E-state index contributed by atoms with van der Waals surface area (Å²) in [4.78, 5) is 0. The van der Waals surface area contributed by atoms with Gasteiger partial charge in [-0.05, 0) is 55.2 Å². The fourth-order valence-corrected chi connectivity index (χ4v) is 4.19. The Balaban J connectivity index is 1.59. The van der Waals surface area contributed by atoms with Gasteiger partial charge in [0.25, 0.3) is 0 Å². The van der Waals surface area contributed by atoms with Gasteiger partial charge in [0.15, 0.2) is 0 Å². The van der Waals surface area contributed by atoms with Gasteiger partial charge in [-0.2, -0.15) is 5.10 Å². The van der Waals surface area contributed by atoms with E-state index in [9.17, 15) is 0 Å². The highest BCUT2D eigenvalue weighted by Gasteiger charge is 2.27. The molecule has 0 saturated carbocycles. The summed E-state index contributed by atoms with van der Waals surface area (Å²) in [6.07, 6.45) is -0.0116. The molecule has 2 heterocycles. The molecule has 1 aliphatic rings. The van der Waals surface area contributed by atoms with Crippen molar-refractivity contribution in [3.8, 4) is 22.4 Å². The van der Waals surface area contributed by atoms with Crippen molar-refractivity contribution in [3.63, 3.8) is 0 Å². The van der Waals surface area contributed by atoms with Crippen molar-refractivity contribution in [2.75, 3.05) is 5.32 Å². The van der Waals surface area contributed by atoms with Crippen molar-refractivity contribution >= 4 is 5.69 Å². The van der Waals surface area contributed by atoms with Crippen LogP contribution in [0.5, 0.6) is 0 Å². The Labute approximate surface area is 165 Å². The maximum atomic E-state index is 4.80. The van der Waals surface area contributed by atoms with Crippen LogP contribution in [-0.2, 0) is 0 Å². The van der Waals surface area contributed by atoms with E-state index in [0.717, 1.165) is 5.69 Å². The average Bonchev–Trinajstić information content (AvgIpc) is 3.10. The van der Waals surface area contributed by atoms with Gasteiger partial charge in [0.1, 0.15) is 6.17 Å². The fraction of sp³-hybridized carbons (Fsp3) is 0.160. The summed E-state index contributed by atoms with van der Waals surface area (Å²) in [5.41, 5.74) is 10.9. The van der Waals surface area contributed by atoms with Gasteiger partial charge in [-0.1, -0.05) is 66.2 Å². The third kappa shape index (κ3) is 2.71. The Morgan fingerprint density at radius 1 is 0.821 bits per heavy atom. The van der Waals surface area contributed by atoms with E-state index in [-0.39, 0.29) is 6.17 Å². The molecule has 1 unspecified atom stereocenters. The van der Waals surface area contributed by atoms with Crippen molar-refractivity contribution in [1.82, 2.24) is 9.78 Å². The summed E-state index contributed by atoms with van der Waals surface area (Å²) in [7, 11) is 0. The molecule has 138 valence electrons. The van der Waals surface area contributed by atoms with E-state index < -0.39 is 0 Å². The molecule has 1 atom stereocenters. The summed E-state index contributed by atoms with van der Waals surface area (Å²) in [6, 6.07) is 26.0. The van der Waals surface area contributed by atoms with Crippen LogP contribution in [0.25, 0.3) is 22.4 Å². The summed E-state index contributed by atoms with van der Waals surface area (Å²) in [6.45, 7) is 6.38. The minimum Gasteiger partial charge on any atom is -0.359 e. The Morgan fingerprint density at radius 2 is 1.54 bits per heavy atom. The van der Waals surface area contributed by atoms with Crippen LogP contribution >= 0.6 is 0 Å². The van der Waals surface area contributed by atoms with Gasteiger partial charge in [0, 0.05) is 11.3 Å². The SMILES string of the molecule is Cc1cc(C)c2c(c1)-c1cc(C)nn1C(c1ccc(-c3ccccc3)cc1)N2. The number of aromatic nitrogens is 2. The number of hydrogen-bond acceptors (Lipinski definition) is 2. The van der Waals surface area contributed by atoms with E-state index in [1.807, 2.05) is 6.07 Å². The van der Waals surface area contributed by atoms with Gasteiger partial charge in [-0.3, -0.25) is 0 Å². The topological polar surface area (TPSA) is 29.9 Å². The number of aryl methyl sites for hydroxylation is 3. The maximum absolute atomic E-state index is 4.80. The molecule has 0 fully saturated rings. The highest BCUT2D eigenvalue weighted by atomic mass is 15.4. The van der Waals surface area contributed by atoms with Crippen LogP contribution in [0.4, 0.5) is 5.69 Å². The Bertz CT molecular complexity index is 1150. The summed E-state index contributed by atoms with van der Waals surface area (Å²) >= 11 is 0. The van der Waals surface area contributed by atoms with Gasteiger partial charge in [0.05, 0.1) is 11.4 Å². The Hall–Kier alpha value is -3.33. The summed E-state index contributed by atoms with van der Waals surface area (Å²) in [5, 5.41) is 8.54. The van der Waals surface area contributed by atoms with Crippen molar-refractivity contribution in [1.29, 1.82) is 0 Å². The van der Waals surface area contributed by atoms with Crippen LogP contribution in [0.15, 0.2) is 72.8 Å². The van der Waals surface area contributed by atoms with Crippen LogP contribution in [0.2, 0.25) is 0 Å². The zero-order valence-electron chi connectivity index (χ0n) is 16.4. The molecule has 3 aromatic carbocycles. The number of fused-ring (bicyclic) bond motifs is 3. The Morgan fingerprint density at radius 3 is 2.29 bits per heavy atom. The van der Waals surface area contributed by atoms with Crippen LogP contribution in [0.1, 0.15) is 28.6 Å². The number of rotatable bonds is 2. The molecule has 0 amide bonds. The fourth-order valence-electron chi connectivity index (χ4n) is 4.19. The van der Waals surface area contributed by atoms with Crippen molar-refractivity contribution in [2.24, 2.45) is 0 Å². The lowest BCUT2D eigenvalue weighted by atomic mass is 9.97. The quantitative estimate of drug-likeness (QED) is 0.464. The second-order valence-corrected chi connectivity index (χ2v) is 7.65. The van der Waals surface area contributed by atoms with E-state index in [2.05, 4.69) is 97.5 Å². The van der Waals surface area contributed by atoms with E-state index in [0.29, 0.717) is 0 Å². The highest BCUT2D eigenvalue weighted by molar-refractivity contribution is 5.82. The molecule has 0 spiro atoms. The zero-order chi connectivity index (χ0) is 19.3. The molecule has 0 radical (unpaired) electrons. The van der Waals surface area contributed by atoms with Gasteiger partial charge < -0.3 is 5.32 Å². The smallest absolute Gasteiger partial charge is 0.147 e. The van der Waals surface area contributed by atoms with Crippen molar-refractivity contribution < 1.29 is 0 Å². The summed E-state index contributed by atoms with van der Waals surface area (Å²) in [5.74, 6) is 0. The lowest BCUT2D eigenvalue weighted by Crippen LogP contribution is -2.26. The normalized spacial score (nSPS) is 14.9. The maximum Gasteiger partial charge on any atom is 0.147 e. The van der Waals surface area contributed by atoms with E-state index in [1.165, 1.54) is 44.8 Å². The predicted molar refractivity (Wildman–Crippen MR) is 116 cm³/mol. The lowest BCUT2D eigenvalue weighted by molar-refractivity contribution is 0.570. The molecule has 0 aliphatic carbocycles. The predicted octanol–water partition coefficient (Wildman–Crippen LogP) is 6.11. The first-order valence-electron chi connectivity index (χ1n) is 9.70. The first-order chi connectivity index (χ1) is 13.6. The first-order valence-corrected chi connectivity index (χ1v) is 9.70. The third-order valence-corrected chi connectivity index (χ3v) is 5.47. The molecule has 5 rings (SSSR count). The van der Waals surface area contributed by atoms with Gasteiger partial charge in [0.2, 0.25) is 0 Å². The Kier molecular flexibility index (Phi) is 3.83. The van der Waals surface area contributed by atoms with Gasteiger partial charge in [-0.15, -0.1) is 0 Å². The second-order valence-electron chi connectivity index (χ2n) is 7.65. The van der Waals surface area contributed by atoms with E-state index in [1.54, 1.807) is 0 Å². The van der Waals surface area contributed by atoms with Crippen LogP contribution in [-0.4, -0.2) is 9.78 Å². The third-order valence-electron chi connectivity index (χ3n) is 5.47. The van der Waals surface area contributed by atoms with Gasteiger partial charge in [-0.25, -0.2) is 4.68 Å². The molecule has 3 heteroatoms. The molecule has 1 aliphatic heterocycles. The van der Waals surface area contributed by atoms with Crippen molar-refractivity contribution in [2.45, 2.75) is 26.9 Å². The average molecular weight is 365 g/mol. The van der Waals surface area contributed by atoms with Crippen LogP contribution < -0.4 is 5.32 Å². The lowest BCUT2D eigenvalue weighted by Gasteiger charge is -2.31. The minimum absolute atomic E-state index is 0.0116. The molecule has 0 saturated heterocycles. The molecule has 3 nitrogen and oxygen atoms in total. The molecule has 4 aromatic rings. The number of benzene rings is 3. The zero-order valence-corrected chi connectivity index (χ0v) is 16.4. The van der Waals surface area contributed by atoms with Crippen molar-refractivity contribution in [3.05, 3.63) is 95.2 Å². The first kappa shape index (κ1) is 16.8. The molecule has 1 aromatic heterocycles. The number of nitrogens with one attached hydrogen (secondary N) is 1. The molecular weight excluding hydrogens is 342 g/mol. The number of nitrogens with zero attached hydrogens (tertiary/aromatic N) is 2. The highest BCUT2D eigenvalue weighted by Crippen LogP contribution is 2.41.